The Morgan fingerprint density at radius 3 is 2.83 bits per heavy atom. The SMILES string of the molecule is O=C(NC[C@H]1COc2ccccc2O1)c1ccc2c(c1)CCC2. The number of amides is 1. The smallest absolute Gasteiger partial charge is 0.251 e. The van der Waals surface area contributed by atoms with Crippen molar-refractivity contribution in [3.63, 3.8) is 0 Å². The Labute approximate surface area is 135 Å². The van der Waals surface area contributed by atoms with E-state index in [2.05, 4.69) is 11.4 Å². The van der Waals surface area contributed by atoms with Crippen molar-refractivity contribution in [2.45, 2.75) is 25.4 Å². The minimum atomic E-state index is -0.164. The largest absolute Gasteiger partial charge is 0.486 e. The van der Waals surface area contributed by atoms with Crippen molar-refractivity contribution in [2.75, 3.05) is 13.2 Å². The van der Waals surface area contributed by atoms with Gasteiger partial charge in [-0.1, -0.05) is 18.2 Å². The average Bonchev–Trinajstić information content (AvgIpc) is 3.07. The molecule has 0 spiro atoms. The van der Waals surface area contributed by atoms with Gasteiger partial charge in [0.1, 0.15) is 12.7 Å². The molecule has 0 saturated carbocycles. The lowest BCUT2D eigenvalue weighted by Crippen LogP contribution is -2.40. The maximum Gasteiger partial charge on any atom is 0.251 e. The summed E-state index contributed by atoms with van der Waals surface area (Å²) < 4.78 is 11.5. The molecule has 0 saturated heterocycles. The van der Waals surface area contributed by atoms with Gasteiger partial charge in [0.2, 0.25) is 0 Å². The third-order valence-electron chi connectivity index (χ3n) is 4.42. The zero-order chi connectivity index (χ0) is 15.6. The van der Waals surface area contributed by atoms with Crippen molar-refractivity contribution in [2.24, 2.45) is 0 Å². The predicted octanol–water partition coefficient (Wildman–Crippen LogP) is 2.75. The van der Waals surface area contributed by atoms with E-state index in [1.54, 1.807) is 0 Å². The van der Waals surface area contributed by atoms with Crippen molar-refractivity contribution in [1.82, 2.24) is 5.32 Å². The summed E-state index contributed by atoms with van der Waals surface area (Å²) >= 11 is 0. The molecule has 0 unspecified atom stereocenters. The van der Waals surface area contributed by atoms with Gasteiger partial charge in [0.25, 0.3) is 5.91 Å². The number of rotatable bonds is 3. The van der Waals surface area contributed by atoms with E-state index in [0.29, 0.717) is 13.2 Å². The zero-order valence-corrected chi connectivity index (χ0v) is 12.9. The van der Waals surface area contributed by atoms with Gasteiger partial charge in [-0.25, -0.2) is 0 Å². The molecular formula is C19H19NO3. The van der Waals surface area contributed by atoms with E-state index in [1.165, 1.54) is 17.5 Å². The molecule has 1 aliphatic carbocycles. The second-order valence-electron chi connectivity index (χ2n) is 6.04. The molecule has 4 nitrogen and oxygen atoms in total. The Balaban J connectivity index is 1.37. The van der Waals surface area contributed by atoms with E-state index >= 15 is 0 Å². The second kappa shape index (κ2) is 5.95. The van der Waals surface area contributed by atoms with Gasteiger partial charge in [0.05, 0.1) is 6.54 Å². The minimum Gasteiger partial charge on any atom is -0.486 e. The quantitative estimate of drug-likeness (QED) is 0.948. The number of benzene rings is 2. The first kappa shape index (κ1) is 14.1. The lowest BCUT2D eigenvalue weighted by atomic mass is 10.1. The monoisotopic (exact) mass is 309 g/mol. The molecule has 1 atom stereocenters. The van der Waals surface area contributed by atoms with Crippen LogP contribution < -0.4 is 14.8 Å². The van der Waals surface area contributed by atoms with Gasteiger partial charge in [0.15, 0.2) is 11.5 Å². The van der Waals surface area contributed by atoms with Gasteiger partial charge in [-0.2, -0.15) is 0 Å². The molecule has 2 aliphatic rings. The van der Waals surface area contributed by atoms with Crippen molar-refractivity contribution in [3.8, 4) is 11.5 Å². The Morgan fingerprint density at radius 1 is 1.09 bits per heavy atom. The highest BCUT2D eigenvalue weighted by Crippen LogP contribution is 2.30. The summed E-state index contributed by atoms with van der Waals surface area (Å²) in [5.41, 5.74) is 3.41. The first-order chi connectivity index (χ1) is 11.3. The zero-order valence-electron chi connectivity index (χ0n) is 12.9. The normalized spacial score (nSPS) is 18.3. The molecule has 4 heteroatoms. The number of carbonyl (C=O) groups excluding carboxylic acids is 1. The fraction of sp³-hybridized carbons (Fsp3) is 0.316. The van der Waals surface area contributed by atoms with Crippen molar-refractivity contribution < 1.29 is 14.3 Å². The number of fused-ring (bicyclic) bond motifs is 2. The van der Waals surface area contributed by atoms with E-state index in [0.717, 1.165) is 29.9 Å². The van der Waals surface area contributed by atoms with Crippen LogP contribution in [-0.4, -0.2) is 25.2 Å². The third kappa shape index (κ3) is 2.89. The van der Waals surface area contributed by atoms with E-state index in [9.17, 15) is 4.79 Å². The van der Waals surface area contributed by atoms with Crippen LogP contribution in [0, 0.1) is 0 Å². The summed E-state index contributed by atoms with van der Waals surface area (Å²) in [7, 11) is 0. The number of hydrogen-bond donors (Lipinski definition) is 1. The summed E-state index contributed by atoms with van der Waals surface area (Å²) in [5.74, 6) is 1.44. The molecule has 0 bridgehead atoms. The molecule has 0 aromatic heterocycles. The van der Waals surface area contributed by atoms with Gasteiger partial charge in [-0.05, 0) is 54.7 Å². The van der Waals surface area contributed by atoms with Gasteiger partial charge in [-0.3, -0.25) is 4.79 Å². The Bertz CT molecular complexity index is 741. The van der Waals surface area contributed by atoms with Gasteiger partial charge < -0.3 is 14.8 Å². The predicted molar refractivity (Wildman–Crippen MR) is 87.2 cm³/mol. The number of aryl methyl sites for hydroxylation is 2. The number of ether oxygens (including phenoxy) is 2. The Morgan fingerprint density at radius 2 is 1.91 bits per heavy atom. The van der Waals surface area contributed by atoms with E-state index < -0.39 is 0 Å². The number of hydrogen-bond acceptors (Lipinski definition) is 3. The molecule has 1 heterocycles. The molecule has 2 aromatic rings. The maximum atomic E-state index is 12.3. The van der Waals surface area contributed by atoms with E-state index in [4.69, 9.17) is 9.47 Å². The number of para-hydroxylation sites is 2. The van der Waals surface area contributed by atoms with Gasteiger partial charge >= 0.3 is 0 Å². The standard InChI is InChI=1S/C19H19NO3/c21-19(15-9-8-13-4-3-5-14(13)10-15)20-11-16-12-22-17-6-1-2-7-18(17)23-16/h1-2,6-10,16H,3-5,11-12H2,(H,20,21)/t16-/m0/s1. The average molecular weight is 309 g/mol. The fourth-order valence-corrected chi connectivity index (χ4v) is 3.19. The molecule has 1 N–H and O–H groups in total. The molecule has 0 radical (unpaired) electrons. The molecule has 118 valence electrons. The van der Waals surface area contributed by atoms with Crippen LogP contribution in [0.25, 0.3) is 0 Å². The van der Waals surface area contributed by atoms with E-state index in [-0.39, 0.29) is 12.0 Å². The van der Waals surface area contributed by atoms with Crippen LogP contribution in [0.1, 0.15) is 27.9 Å². The van der Waals surface area contributed by atoms with Gasteiger partial charge in [-0.15, -0.1) is 0 Å². The summed E-state index contributed by atoms with van der Waals surface area (Å²) in [6, 6.07) is 13.6. The van der Waals surface area contributed by atoms with Crippen LogP contribution in [0.4, 0.5) is 0 Å². The molecule has 23 heavy (non-hydrogen) atoms. The maximum absolute atomic E-state index is 12.3. The van der Waals surface area contributed by atoms with Crippen LogP contribution in [0.5, 0.6) is 11.5 Å². The van der Waals surface area contributed by atoms with E-state index in [1.807, 2.05) is 36.4 Å². The lowest BCUT2D eigenvalue weighted by Gasteiger charge is -2.26. The Kier molecular flexibility index (Phi) is 3.66. The highest BCUT2D eigenvalue weighted by Gasteiger charge is 2.21. The van der Waals surface area contributed by atoms with Crippen molar-refractivity contribution in [3.05, 3.63) is 59.2 Å². The first-order valence-electron chi connectivity index (χ1n) is 8.08. The van der Waals surface area contributed by atoms with Crippen LogP contribution in [0.2, 0.25) is 0 Å². The van der Waals surface area contributed by atoms with Crippen molar-refractivity contribution >= 4 is 5.91 Å². The highest BCUT2D eigenvalue weighted by molar-refractivity contribution is 5.94. The topological polar surface area (TPSA) is 47.6 Å². The van der Waals surface area contributed by atoms with Crippen LogP contribution in [0.3, 0.4) is 0 Å². The molecular weight excluding hydrogens is 290 g/mol. The first-order valence-corrected chi connectivity index (χ1v) is 8.08. The summed E-state index contributed by atoms with van der Waals surface area (Å²) in [6.07, 6.45) is 3.23. The molecule has 4 rings (SSSR count). The van der Waals surface area contributed by atoms with Crippen LogP contribution >= 0.6 is 0 Å². The minimum absolute atomic E-state index is 0.0536. The Hall–Kier alpha value is -2.49. The molecule has 0 fully saturated rings. The summed E-state index contributed by atoms with van der Waals surface area (Å²) in [5, 5.41) is 2.95. The second-order valence-corrected chi connectivity index (χ2v) is 6.04. The molecule has 1 aliphatic heterocycles. The highest BCUT2D eigenvalue weighted by atomic mass is 16.6. The van der Waals surface area contributed by atoms with Crippen molar-refractivity contribution in [1.29, 1.82) is 0 Å². The number of carbonyl (C=O) groups is 1. The molecule has 2 aromatic carbocycles. The number of nitrogens with one attached hydrogen (secondary N) is 1. The molecule has 1 amide bonds. The summed E-state index contributed by atoms with van der Waals surface area (Å²) in [6.45, 7) is 0.881. The summed E-state index contributed by atoms with van der Waals surface area (Å²) in [4.78, 5) is 12.3. The van der Waals surface area contributed by atoms with Gasteiger partial charge in [0, 0.05) is 5.56 Å². The third-order valence-corrected chi connectivity index (χ3v) is 4.42. The fourth-order valence-electron chi connectivity index (χ4n) is 3.19. The van der Waals surface area contributed by atoms with Crippen LogP contribution in [0.15, 0.2) is 42.5 Å². The van der Waals surface area contributed by atoms with Crippen LogP contribution in [-0.2, 0) is 12.8 Å². The lowest BCUT2D eigenvalue weighted by molar-refractivity contribution is 0.0789.